The van der Waals surface area contributed by atoms with Crippen molar-refractivity contribution >= 4 is 45.2 Å². The van der Waals surface area contributed by atoms with Crippen molar-refractivity contribution in [2.75, 3.05) is 19.7 Å². The highest BCUT2D eigenvalue weighted by molar-refractivity contribution is 7.13. The number of rotatable bonds is 9. The SMILES string of the molecule is Cc1cc(F)c(F)c(OCC(=O)[C@H](CC(=O)O)NC(=O)C2CCN(C(=O)c3nsc4ccccc34)CC2)c1F. The third-order valence-electron chi connectivity index (χ3n) is 6.47. The number of aromatic nitrogens is 1. The second-order valence-corrected chi connectivity index (χ2v) is 9.95. The van der Waals surface area contributed by atoms with Gasteiger partial charge in [0, 0.05) is 24.4 Å². The fourth-order valence-electron chi connectivity index (χ4n) is 4.32. The molecule has 4 rings (SSSR count). The van der Waals surface area contributed by atoms with E-state index in [0.29, 0.717) is 11.8 Å². The lowest BCUT2D eigenvalue weighted by Crippen LogP contribution is -2.49. The molecule has 1 saturated heterocycles. The second-order valence-electron chi connectivity index (χ2n) is 9.14. The highest BCUT2D eigenvalue weighted by Crippen LogP contribution is 2.28. The Morgan fingerprint density at radius 3 is 2.54 bits per heavy atom. The highest BCUT2D eigenvalue weighted by atomic mass is 32.1. The molecular weight excluding hydrogens is 539 g/mol. The van der Waals surface area contributed by atoms with Gasteiger partial charge in [-0.2, -0.15) is 8.76 Å². The number of fused-ring (bicyclic) bond motifs is 1. The van der Waals surface area contributed by atoms with Gasteiger partial charge in [0.1, 0.15) is 18.3 Å². The van der Waals surface area contributed by atoms with Crippen LogP contribution in [0.3, 0.4) is 0 Å². The molecule has 1 aliphatic rings. The van der Waals surface area contributed by atoms with E-state index in [1.54, 1.807) is 4.90 Å². The lowest BCUT2D eigenvalue weighted by Gasteiger charge is -2.31. The number of nitrogens with one attached hydrogen (secondary N) is 1. The molecular formula is C26H24F3N3O6S. The van der Waals surface area contributed by atoms with Crippen molar-refractivity contribution < 1.29 is 42.2 Å². The summed E-state index contributed by atoms with van der Waals surface area (Å²) >= 11 is 1.22. The number of carbonyl (C=O) groups is 4. The fourth-order valence-corrected chi connectivity index (χ4v) is 5.08. The van der Waals surface area contributed by atoms with Gasteiger partial charge in [0.05, 0.1) is 11.1 Å². The number of nitrogens with zero attached hydrogens (tertiary/aromatic N) is 2. The Balaban J connectivity index is 1.36. The molecule has 39 heavy (non-hydrogen) atoms. The van der Waals surface area contributed by atoms with Crippen LogP contribution in [0.1, 0.15) is 35.3 Å². The Labute approximate surface area is 224 Å². The third-order valence-corrected chi connectivity index (χ3v) is 7.30. The normalized spacial score (nSPS) is 14.7. The van der Waals surface area contributed by atoms with Crippen LogP contribution >= 0.6 is 11.5 Å². The number of aryl methyl sites for hydroxylation is 1. The van der Waals surface area contributed by atoms with Crippen LogP contribution in [0.5, 0.6) is 5.75 Å². The van der Waals surface area contributed by atoms with Crippen molar-refractivity contribution in [3.05, 3.63) is 59.0 Å². The number of ether oxygens (including phenoxy) is 1. The van der Waals surface area contributed by atoms with E-state index in [-0.39, 0.29) is 37.4 Å². The van der Waals surface area contributed by atoms with Crippen LogP contribution in [0.15, 0.2) is 30.3 Å². The van der Waals surface area contributed by atoms with Crippen LogP contribution in [0, 0.1) is 30.3 Å². The molecule has 1 aromatic heterocycles. The predicted octanol–water partition coefficient (Wildman–Crippen LogP) is 3.48. The number of likely N-dealkylation sites (tertiary alicyclic amines) is 1. The number of Topliss-reactive ketones (excluding diaryl/α,β-unsaturated/α-hetero) is 1. The monoisotopic (exact) mass is 563 g/mol. The minimum absolute atomic E-state index is 0.250. The van der Waals surface area contributed by atoms with Gasteiger partial charge in [-0.25, -0.2) is 8.78 Å². The molecule has 13 heteroatoms. The Hall–Kier alpha value is -4.00. The van der Waals surface area contributed by atoms with Crippen LogP contribution in [0.4, 0.5) is 13.2 Å². The summed E-state index contributed by atoms with van der Waals surface area (Å²) in [5.74, 6) is -9.13. The third kappa shape index (κ3) is 6.19. The molecule has 3 aromatic rings. The van der Waals surface area contributed by atoms with E-state index >= 15 is 0 Å². The molecule has 2 N–H and O–H groups in total. The lowest BCUT2D eigenvalue weighted by molar-refractivity contribution is -0.141. The Bertz CT molecular complexity index is 1410. The molecule has 0 bridgehead atoms. The van der Waals surface area contributed by atoms with Crippen LogP contribution in [0.2, 0.25) is 0 Å². The number of aliphatic carboxylic acids is 1. The lowest BCUT2D eigenvalue weighted by atomic mass is 9.94. The number of halogens is 3. The summed E-state index contributed by atoms with van der Waals surface area (Å²) in [4.78, 5) is 51.4. The minimum Gasteiger partial charge on any atom is -0.481 e. The highest BCUT2D eigenvalue weighted by Gasteiger charge is 2.32. The Kier molecular flexibility index (Phi) is 8.48. The Morgan fingerprint density at radius 2 is 1.85 bits per heavy atom. The van der Waals surface area contributed by atoms with Crippen LogP contribution < -0.4 is 10.1 Å². The number of hydrogen-bond acceptors (Lipinski definition) is 7. The summed E-state index contributed by atoms with van der Waals surface area (Å²) in [5.41, 5.74) is 0.0894. The number of piperidine rings is 1. The van der Waals surface area contributed by atoms with Crippen LogP contribution in [-0.4, -0.2) is 63.7 Å². The first-order valence-electron chi connectivity index (χ1n) is 12.0. The fraction of sp³-hybridized carbons (Fsp3) is 0.346. The molecule has 1 aliphatic heterocycles. The Morgan fingerprint density at radius 1 is 1.15 bits per heavy atom. The second kappa shape index (κ2) is 11.8. The summed E-state index contributed by atoms with van der Waals surface area (Å²) in [7, 11) is 0. The first kappa shape index (κ1) is 28.0. The van der Waals surface area contributed by atoms with Crippen molar-refractivity contribution in [1.82, 2.24) is 14.6 Å². The molecule has 206 valence electrons. The van der Waals surface area contributed by atoms with E-state index < -0.39 is 65.8 Å². The topological polar surface area (TPSA) is 126 Å². The molecule has 0 unspecified atom stereocenters. The van der Waals surface area contributed by atoms with Gasteiger partial charge in [-0.3, -0.25) is 19.2 Å². The number of amides is 2. The van der Waals surface area contributed by atoms with Gasteiger partial charge in [0.15, 0.2) is 23.2 Å². The van der Waals surface area contributed by atoms with Gasteiger partial charge >= 0.3 is 5.97 Å². The number of hydrogen-bond donors (Lipinski definition) is 2. The van der Waals surface area contributed by atoms with Crippen molar-refractivity contribution in [2.24, 2.45) is 5.92 Å². The minimum atomic E-state index is -1.63. The summed E-state index contributed by atoms with van der Waals surface area (Å²) in [6.07, 6.45) is -0.262. The van der Waals surface area contributed by atoms with Gasteiger partial charge in [0.2, 0.25) is 11.7 Å². The zero-order valence-electron chi connectivity index (χ0n) is 20.7. The molecule has 9 nitrogen and oxygen atoms in total. The van der Waals surface area contributed by atoms with E-state index in [0.717, 1.165) is 10.1 Å². The van der Waals surface area contributed by atoms with Gasteiger partial charge in [-0.15, -0.1) is 0 Å². The number of carbonyl (C=O) groups excluding carboxylic acids is 3. The van der Waals surface area contributed by atoms with Crippen molar-refractivity contribution in [3.8, 4) is 5.75 Å². The van der Waals surface area contributed by atoms with Gasteiger partial charge < -0.3 is 20.1 Å². The quantitative estimate of drug-likeness (QED) is 0.382. The summed E-state index contributed by atoms with van der Waals surface area (Å²) in [6.45, 7) is 0.684. The molecule has 2 aromatic carbocycles. The molecule has 2 amide bonds. The largest absolute Gasteiger partial charge is 0.481 e. The van der Waals surface area contributed by atoms with E-state index in [2.05, 4.69) is 9.69 Å². The van der Waals surface area contributed by atoms with Gasteiger partial charge in [-0.05, 0) is 49.0 Å². The molecule has 0 spiro atoms. The maximum atomic E-state index is 14.2. The van der Waals surface area contributed by atoms with E-state index in [9.17, 15) is 37.5 Å². The summed E-state index contributed by atoms with van der Waals surface area (Å²) in [6, 6.07) is 6.43. The predicted molar refractivity (Wildman–Crippen MR) is 134 cm³/mol. The number of carboxylic acid groups (broad SMARTS) is 1. The van der Waals surface area contributed by atoms with E-state index in [1.165, 1.54) is 18.5 Å². The summed E-state index contributed by atoms with van der Waals surface area (Å²) < 4.78 is 51.8. The van der Waals surface area contributed by atoms with Crippen molar-refractivity contribution in [1.29, 1.82) is 0 Å². The number of carboxylic acids is 1. The average Bonchev–Trinajstić information content (AvgIpc) is 3.35. The maximum Gasteiger partial charge on any atom is 0.305 e. The summed E-state index contributed by atoms with van der Waals surface area (Å²) in [5, 5.41) is 12.3. The standard InChI is InChI=1S/C26H24F3N3O6S/c1-13-10-16(27)22(29)24(21(13)28)38-12-18(33)17(11-20(34)35)30-25(36)14-6-8-32(9-7-14)26(37)23-15-4-2-3-5-19(15)39-31-23/h2-5,10,14,17H,6-9,11-12H2,1H3,(H,30,36)(H,34,35)/t17-/m0/s1. The molecule has 1 fully saturated rings. The maximum absolute atomic E-state index is 14.2. The molecule has 1 atom stereocenters. The van der Waals surface area contributed by atoms with Gasteiger partial charge in [0.25, 0.3) is 5.91 Å². The number of benzene rings is 2. The first-order chi connectivity index (χ1) is 18.6. The molecule has 2 heterocycles. The van der Waals surface area contributed by atoms with Crippen LogP contribution in [0.25, 0.3) is 10.1 Å². The van der Waals surface area contributed by atoms with Crippen molar-refractivity contribution in [2.45, 2.75) is 32.2 Å². The van der Waals surface area contributed by atoms with Gasteiger partial charge in [-0.1, -0.05) is 18.2 Å². The molecule has 0 saturated carbocycles. The van der Waals surface area contributed by atoms with E-state index in [1.807, 2.05) is 24.3 Å². The average molecular weight is 564 g/mol. The zero-order valence-corrected chi connectivity index (χ0v) is 21.5. The molecule has 0 radical (unpaired) electrons. The number of ketones is 1. The first-order valence-corrected chi connectivity index (χ1v) is 12.8. The molecule has 0 aliphatic carbocycles. The zero-order chi connectivity index (χ0) is 28.3. The van der Waals surface area contributed by atoms with E-state index in [4.69, 9.17) is 4.74 Å². The van der Waals surface area contributed by atoms with Crippen LogP contribution in [-0.2, 0) is 14.4 Å². The van der Waals surface area contributed by atoms with Crippen molar-refractivity contribution in [3.63, 3.8) is 0 Å². The smallest absolute Gasteiger partial charge is 0.305 e.